The Hall–Kier alpha value is -1.68. The van der Waals surface area contributed by atoms with Gasteiger partial charge >= 0.3 is 0 Å². The lowest BCUT2D eigenvalue weighted by atomic mass is 9.81. The first-order chi connectivity index (χ1) is 12.2. The van der Waals surface area contributed by atoms with E-state index in [9.17, 15) is 4.79 Å². The molecule has 2 aliphatic carbocycles. The van der Waals surface area contributed by atoms with E-state index in [1.807, 2.05) is 18.5 Å². The molecule has 1 aromatic rings. The zero-order valence-electron chi connectivity index (χ0n) is 15.2. The molecule has 1 aliphatic heterocycles. The van der Waals surface area contributed by atoms with Crippen LogP contribution < -0.4 is 0 Å². The fourth-order valence-electron chi connectivity index (χ4n) is 4.89. The third-order valence-electron chi connectivity index (χ3n) is 6.44. The number of likely N-dealkylation sites (tertiary alicyclic amines) is 1. The summed E-state index contributed by atoms with van der Waals surface area (Å²) in [7, 11) is 0. The van der Waals surface area contributed by atoms with Crippen LogP contribution in [0.2, 0.25) is 0 Å². The number of hydrogen-bond donors (Lipinski definition) is 0. The number of aryl methyl sites for hydroxylation is 1. The van der Waals surface area contributed by atoms with Crippen LogP contribution in [-0.2, 0) is 16.1 Å². The van der Waals surface area contributed by atoms with Crippen LogP contribution >= 0.6 is 0 Å². The van der Waals surface area contributed by atoms with E-state index in [2.05, 4.69) is 22.9 Å². The minimum atomic E-state index is 0.172. The van der Waals surface area contributed by atoms with Crippen molar-refractivity contribution in [2.75, 3.05) is 19.7 Å². The highest BCUT2D eigenvalue weighted by Gasteiger charge is 2.51. The summed E-state index contributed by atoms with van der Waals surface area (Å²) in [5, 5.41) is 0. The van der Waals surface area contributed by atoms with E-state index in [1.54, 1.807) is 0 Å². The van der Waals surface area contributed by atoms with E-state index in [1.165, 1.54) is 24.8 Å². The minimum Gasteiger partial charge on any atom is -0.376 e. The second-order valence-electron chi connectivity index (χ2n) is 8.05. The molecule has 1 saturated heterocycles. The summed E-state index contributed by atoms with van der Waals surface area (Å²) in [5.74, 6) is 0.892. The normalized spacial score (nSPS) is 28.3. The maximum absolute atomic E-state index is 12.8. The van der Waals surface area contributed by atoms with Gasteiger partial charge in [0.25, 0.3) is 0 Å². The third-order valence-corrected chi connectivity index (χ3v) is 6.44. The molecule has 2 fully saturated rings. The molecule has 0 aromatic carbocycles. The molecule has 0 bridgehead atoms. The molecule has 4 nitrogen and oxygen atoms in total. The molecule has 2 atom stereocenters. The van der Waals surface area contributed by atoms with Gasteiger partial charge in [-0.25, -0.2) is 0 Å². The van der Waals surface area contributed by atoms with Crippen LogP contribution in [0.25, 0.3) is 0 Å². The summed E-state index contributed by atoms with van der Waals surface area (Å²) >= 11 is 0. The Morgan fingerprint density at radius 3 is 3.16 bits per heavy atom. The number of carbonyl (C=O) groups excluding carboxylic acids is 1. The van der Waals surface area contributed by atoms with E-state index in [0.29, 0.717) is 12.5 Å². The van der Waals surface area contributed by atoms with Crippen molar-refractivity contribution >= 4 is 5.91 Å². The monoisotopic (exact) mass is 340 g/mol. The van der Waals surface area contributed by atoms with Crippen LogP contribution in [0.15, 0.2) is 30.1 Å². The molecule has 2 heterocycles. The fourth-order valence-corrected chi connectivity index (χ4v) is 4.89. The maximum atomic E-state index is 12.8. The average molecular weight is 340 g/mol. The zero-order valence-corrected chi connectivity index (χ0v) is 15.2. The highest BCUT2D eigenvalue weighted by atomic mass is 16.5. The van der Waals surface area contributed by atoms with Gasteiger partial charge < -0.3 is 9.64 Å². The number of aromatic nitrogens is 1. The average Bonchev–Trinajstić information content (AvgIpc) is 3.31. The molecule has 25 heavy (non-hydrogen) atoms. The van der Waals surface area contributed by atoms with Gasteiger partial charge in [-0.3, -0.25) is 9.78 Å². The zero-order chi connectivity index (χ0) is 17.3. The summed E-state index contributed by atoms with van der Waals surface area (Å²) in [6.07, 6.45) is 12.7. The van der Waals surface area contributed by atoms with Gasteiger partial charge in [0, 0.05) is 36.5 Å². The first kappa shape index (κ1) is 16.8. The molecule has 3 aliphatic rings. The summed E-state index contributed by atoms with van der Waals surface area (Å²) < 4.78 is 6.15. The number of rotatable bonds is 5. The largest absolute Gasteiger partial charge is 0.376 e. The second-order valence-corrected chi connectivity index (χ2v) is 8.05. The van der Waals surface area contributed by atoms with Gasteiger partial charge in [-0.2, -0.15) is 0 Å². The van der Waals surface area contributed by atoms with Crippen LogP contribution in [-0.4, -0.2) is 35.5 Å². The molecule has 134 valence electrons. The molecule has 1 amide bonds. The van der Waals surface area contributed by atoms with Crippen LogP contribution in [0.1, 0.15) is 49.7 Å². The molecule has 4 rings (SSSR count). The molecule has 0 unspecified atom stereocenters. The SMILES string of the molecule is Cc1ccncc1COC[C@]12CCC[C@H]1CN(C(=O)C1=CCCC1)C2. The molecule has 0 spiro atoms. The predicted octanol–water partition coefficient (Wildman–Crippen LogP) is 3.65. The summed E-state index contributed by atoms with van der Waals surface area (Å²) in [6, 6.07) is 2.03. The highest BCUT2D eigenvalue weighted by Crippen LogP contribution is 2.49. The number of amides is 1. The Labute approximate surface area is 150 Å². The molecule has 0 N–H and O–H groups in total. The van der Waals surface area contributed by atoms with Crippen LogP contribution in [0, 0.1) is 18.3 Å². The number of nitrogens with zero attached hydrogens (tertiary/aromatic N) is 2. The van der Waals surface area contributed by atoms with E-state index >= 15 is 0 Å². The Kier molecular flexibility index (Phi) is 4.63. The molecular weight excluding hydrogens is 312 g/mol. The minimum absolute atomic E-state index is 0.172. The topological polar surface area (TPSA) is 42.4 Å². The molecule has 0 radical (unpaired) electrons. The maximum Gasteiger partial charge on any atom is 0.249 e. The van der Waals surface area contributed by atoms with Crippen molar-refractivity contribution in [3.63, 3.8) is 0 Å². The molecule has 1 aromatic heterocycles. The van der Waals surface area contributed by atoms with Crippen molar-refractivity contribution < 1.29 is 9.53 Å². The van der Waals surface area contributed by atoms with E-state index < -0.39 is 0 Å². The predicted molar refractivity (Wildman–Crippen MR) is 96.9 cm³/mol. The first-order valence-electron chi connectivity index (χ1n) is 9.63. The van der Waals surface area contributed by atoms with E-state index in [4.69, 9.17) is 4.74 Å². The summed E-state index contributed by atoms with van der Waals surface area (Å²) in [5.41, 5.74) is 3.61. The van der Waals surface area contributed by atoms with Crippen LogP contribution in [0.3, 0.4) is 0 Å². The van der Waals surface area contributed by atoms with E-state index in [-0.39, 0.29) is 11.3 Å². The molecular formula is C21H28N2O2. The summed E-state index contributed by atoms with van der Waals surface area (Å²) in [4.78, 5) is 19.1. The van der Waals surface area contributed by atoms with Crippen molar-refractivity contribution in [3.05, 3.63) is 41.2 Å². The van der Waals surface area contributed by atoms with Gasteiger partial charge in [0.1, 0.15) is 0 Å². The Morgan fingerprint density at radius 1 is 1.44 bits per heavy atom. The van der Waals surface area contributed by atoms with Crippen molar-refractivity contribution in [3.8, 4) is 0 Å². The number of allylic oxidation sites excluding steroid dienone is 1. The van der Waals surface area contributed by atoms with E-state index in [0.717, 1.165) is 50.1 Å². The Bertz CT molecular complexity index is 684. The lowest BCUT2D eigenvalue weighted by molar-refractivity contribution is -0.127. The quantitative estimate of drug-likeness (QED) is 0.822. The van der Waals surface area contributed by atoms with Crippen molar-refractivity contribution in [1.82, 2.24) is 9.88 Å². The number of hydrogen-bond acceptors (Lipinski definition) is 3. The standard InChI is InChI=1S/C21H28N2O2/c1-16-8-10-22-11-18(16)13-25-15-21-9-4-7-19(21)12-23(14-21)20(24)17-5-2-3-6-17/h5,8,10-11,19H,2-4,6-7,9,12-15H2,1H3/t19-,21+/m0/s1. The van der Waals surface area contributed by atoms with Gasteiger partial charge in [0.15, 0.2) is 0 Å². The van der Waals surface area contributed by atoms with Crippen LogP contribution in [0.4, 0.5) is 0 Å². The van der Waals surface area contributed by atoms with Gasteiger partial charge in [-0.05, 0) is 62.1 Å². The number of pyridine rings is 1. The van der Waals surface area contributed by atoms with Gasteiger partial charge in [-0.1, -0.05) is 12.5 Å². The lowest BCUT2D eigenvalue weighted by Gasteiger charge is -2.28. The van der Waals surface area contributed by atoms with Gasteiger partial charge in [0.05, 0.1) is 13.2 Å². The molecule has 4 heteroatoms. The smallest absolute Gasteiger partial charge is 0.249 e. The first-order valence-corrected chi connectivity index (χ1v) is 9.63. The number of ether oxygens (including phenoxy) is 1. The number of carbonyl (C=O) groups is 1. The van der Waals surface area contributed by atoms with Crippen LogP contribution in [0.5, 0.6) is 0 Å². The molecule has 1 saturated carbocycles. The van der Waals surface area contributed by atoms with Crippen molar-refractivity contribution in [2.24, 2.45) is 11.3 Å². The lowest BCUT2D eigenvalue weighted by Crippen LogP contribution is -2.35. The fraction of sp³-hybridized carbons (Fsp3) is 0.619. The Morgan fingerprint density at radius 2 is 2.36 bits per heavy atom. The Balaban J connectivity index is 1.39. The van der Waals surface area contributed by atoms with Crippen molar-refractivity contribution in [1.29, 1.82) is 0 Å². The summed E-state index contributed by atoms with van der Waals surface area (Å²) in [6.45, 7) is 5.27. The van der Waals surface area contributed by atoms with Gasteiger partial charge in [0.2, 0.25) is 5.91 Å². The highest BCUT2D eigenvalue weighted by molar-refractivity contribution is 5.94. The second kappa shape index (κ2) is 6.91. The van der Waals surface area contributed by atoms with Gasteiger partial charge in [-0.15, -0.1) is 0 Å². The third kappa shape index (κ3) is 3.24. The van der Waals surface area contributed by atoms with Crippen molar-refractivity contribution in [2.45, 2.75) is 52.1 Å². The number of fused-ring (bicyclic) bond motifs is 1.